The summed E-state index contributed by atoms with van der Waals surface area (Å²) in [5.74, 6) is -1.21. The second-order valence-electron chi connectivity index (χ2n) is 6.39. The van der Waals surface area contributed by atoms with E-state index >= 15 is 0 Å². The fourth-order valence-electron chi connectivity index (χ4n) is 2.82. The predicted molar refractivity (Wildman–Crippen MR) is 101 cm³/mol. The molecule has 0 saturated heterocycles. The van der Waals surface area contributed by atoms with Gasteiger partial charge in [0, 0.05) is 30.1 Å². The molecule has 1 heterocycles. The zero-order valence-electron chi connectivity index (χ0n) is 15.2. The summed E-state index contributed by atoms with van der Waals surface area (Å²) in [6.07, 6.45) is 2.32. The number of aromatic nitrogens is 1. The van der Waals surface area contributed by atoms with Crippen molar-refractivity contribution >= 4 is 36.8 Å². The summed E-state index contributed by atoms with van der Waals surface area (Å²) in [6.45, 7) is 1.71. The number of H-pyrrole nitrogens is 1. The van der Waals surface area contributed by atoms with Gasteiger partial charge in [-0.3, -0.25) is 9.59 Å². The van der Waals surface area contributed by atoms with Gasteiger partial charge < -0.3 is 25.3 Å². The lowest BCUT2D eigenvalue weighted by Crippen LogP contribution is -2.56. The number of likely N-dealkylation sites (N-methyl/N-ethyl adjacent to an activating group) is 2. The number of rotatable bonds is 8. The van der Waals surface area contributed by atoms with E-state index in [-0.39, 0.29) is 19.0 Å². The van der Waals surface area contributed by atoms with E-state index in [1.807, 2.05) is 24.3 Å². The number of fused-ring (bicyclic) bond motifs is 1. The van der Waals surface area contributed by atoms with E-state index in [2.05, 4.69) is 15.6 Å². The third-order valence-corrected chi connectivity index (χ3v) is 4.49. The number of hydrogen-bond donors (Lipinski definition) is 3. The van der Waals surface area contributed by atoms with Crippen LogP contribution in [0.3, 0.4) is 0 Å². The van der Waals surface area contributed by atoms with Gasteiger partial charge in [0.05, 0.1) is 18.5 Å². The van der Waals surface area contributed by atoms with Crippen molar-refractivity contribution in [2.45, 2.75) is 18.3 Å². The lowest BCUT2D eigenvalue weighted by molar-refractivity contribution is -0.134. The van der Waals surface area contributed by atoms with E-state index in [9.17, 15) is 14.4 Å². The summed E-state index contributed by atoms with van der Waals surface area (Å²) in [5.41, 5.74) is 0.163. The van der Waals surface area contributed by atoms with E-state index in [1.165, 1.54) is 11.9 Å². The van der Waals surface area contributed by atoms with Gasteiger partial charge in [0.1, 0.15) is 14.1 Å². The smallest absolute Gasteiger partial charge is 0.239 e. The molecular weight excluding hydrogens is 331 g/mol. The highest BCUT2D eigenvalue weighted by molar-refractivity contribution is 6.26. The number of carbonyl (C=O) groups is 3. The highest BCUT2D eigenvalue weighted by Crippen LogP contribution is 2.30. The van der Waals surface area contributed by atoms with Crippen molar-refractivity contribution in [2.75, 3.05) is 27.2 Å². The van der Waals surface area contributed by atoms with Crippen molar-refractivity contribution in [2.24, 2.45) is 0 Å². The molecule has 0 fully saturated rings. The normalized spacial score (nSPS) is 14.4. The van der Waals surface area contributed by atoms with Crippen molar-refractivity contribution in [3.63, 3.8) is 0 Å². The second-order valence-corrected chi connectivity index (χ2v) is 6.39. The molecule has 2 amide bonds. The molecule has 7 nitrogen and oxygen atoms in total. The summed E-state index contributed by atoms with van der Waals surface area (Å²) >= 11 is 0. The van der Waals surface area contributed by atoms with Crippen LogP contribution in [0.5, 0.6) is 0 Å². The maximum absolute atomic E-state index is 12.3. The average Bonchev–Trinajstić information content (AvgIpc) is 3.04. The first-order chi connectivity index (χ1) is 12.3. The molecule has 0 aliphatic rings. The maximum atomic E-state index is 12.3. The Balaban J connectivity index is 2.15. The molecule has 1 aromatic carbocycles. The highest BCUT2D eigenvalue weighted by atomic mass is 16.2. The predicted octanol–water partition coefficient (Wildman–Crippen LogP) is 0.129. The van der Waals surface area contributed by atoms with Gasteiger partial charge in [-0.05, 0) is 18.7 Å². The average molecular weight is 354 g/mol. The van der Waals surface area contributed by atoms with Crippen LogP contribution in [0.2, 0.25) is 0 Å². The molecule has 2 radical (unpaired) electrons. The van der Waals surface area contributed by atoms with Crippen molar-refractivity contribution in [3.05, 3.63) is 36.0 Å². The molecule has 8 heteroatoms. The first-order valence-electron chi connectivity index (χ1n) is 8.33. The van der Waals surface area contributed by atoms with E-state index in [0.29, 0.717) is 6.29 Å². The Kier molecular flexibility index (Phi) is 6.20. The van der Waals surface area contributed by atoms with Gasteiger partial charge in [-0.15, -0.1) is 0 Å². The van der Waals surface area contributed by atoms with Gasteiger partial charge in [-0.25, -0.2) is 0 Å². The number of aromatic amines is 1. The zero-order valence-corrected chi connectivity index (χ0v) is 15.2. The van der Waals surface area contributed by atoms with Crippen LogP contribution in [-0.4, -0.2) is 68.5 Å². The van der Waals surface area contributed by atoms with Crippen LogP contribution >= 0.6 is 0 Å². The molecule has 0 unspecified atom stereocenters. The molecule has 0 saturated carbocycles. The van der Waals surface area contributed by atoms with Crippen LogP contribution in [-0.2, 0) is 14.4 Å². The molecule has 0 aliphatic heterocycles. The molecule has 0 spiro atoms. The summed E-state index contributed by atoms with van der Waals surface area (Å²) in [6, 6.07) is 7.65. The second kappa shape index (κ2) is 8.18. The zero-order chi connectivity index (χ0) is 19.3. The third-order valence-electron chi connectivity index (χ3n) is 4.49. The lowest BCUT2D eigenvalue weighted by atomic mass is 9.67. The Morgan fingerprint density at radius 3 is 2.73 bits per heavy atom. The number of hydrogen-bond acceptors (Lipinski definition) is 4. The number of aldehydes is 1. The molecule has 1 aromatic heterocycles. The van der Waals surface area contributed by atoms with E-state index in [0.717, 1.165) is 16.5 Å². The van der Waals surface area contributed by atoms with Gasteiger partial charge in [0.2, 0.25) is 11.8 Å². The molecule has 2 aromatic rings. The standard InChI is InChI=1S/C18H23BN4O3/c1-12(14-8-21-15-7-5-4-6-13(14)15)18(19,11-24)22-16(25)10-23(3)17(26)9-20-2/h4-8,11-12,20-21H,9-10H2,1-3H3,(H,22,25)/t12-,18-/m0/s1. The van der Waals surface area contributed by atoms with Crippen LogP contribution in [0, 0.1) is 0 Å². The Labute approximate surface area is 153 Å². The minimum Gasteiger partial charge on any atom is -0.361 e. The van der Waals surface area contributed by atoms with Crippen LogP contribution < -0.4 is 10.6 Å². The van der Waals surface area contributed by atoms with E-state index in [1.54, 1.807) is 20.2 Å². The molecule has 2 rings (SSSR count). The summed E-state index contributed by atoms with van der Waals surface area (Å²) in [4.78, 5) is 40.2. The summed E-state index contributed by atoms with van der Waals surface area (Å²) < 4.78 is 0. The fraction of sp³-hybridized carbons (Fsp3) is 0.389. The van der Waals surface area contributed by atoms with Crippen molar-refractivity contribution in [1.82, 2.24) is 20.5 Å². The Morgan fingerprint density at radius 2 is 2.08 bits per heavy atom. The number of benzene rings is 1. The lowest BCUT2D eigenvalue weighted by Gasteiger charge is -2.33. The largest absolute Gasteiger partial charge is 0.361 e. The third kappa shape index (κ3) is 4.13. The number of amides is 2. The van der Waals surface area contributed by atoms with E-state index < -0.39 is 17.3 Å². The van der Waals surface area contributed by atoms with Crippen molar-refractivity contribution in [1.29, 1.82) is 0 Å². The molecule has 0 aliphatic carbocycles. The highest BCUT2D eigenvalue weighted by Gasteiger charge is 2.34. The van der Waals surface area contributed by atoms with Crippen LogP contribution in [0.15, 0.2) is 30.5 Å². The quantitative estimate of drug-likeness (QED) is 0.464. The Morgan fingerprint density at radius 1 is 1.38 bits per heavy atom. The number of carbonyl (C=O) groups excluding carboxylic acids is 3. The van der Waals surface area contributed by atoms with Gasteiger partial charge in [0.25, 0.3) is 0 Å². The molecule has 26 heavy (non-hydrogen) atoms. The molecule has 136 valence electrons. The van der Waals surface area contributed by atoms with Crippen molar-refractivity contribution in [3.8, 4) is 0 Å². The topological polar surface area (TPSA) is 94.3 Å². The fourth-order valence-corrected chi connectivity index (χ4v) is 2.82. The number of nitrogens with zero attached hydrogens (tertiary/aromatic N) is 1. The molecule has 2 atom stereocenters. The van der Waals surface area contributed by atoms with Crippen LogP contribution in [0.1, 0.15) is 18.4 Å². The molecule has 0 bridgehead atoms. The van der Waals surface area contributed by atoms with E-state index in [4.69, 9.17) is 7.85 Å². The molecule has 3 N–H and O–H groups in total. The SMILES string of the molecule is [B][C@@](C=O)(NC(=O)CN(C)C(=O)CNC)[C@@H](C)c1c[nH]c2ccccc12. The number of para-hydroxylation sites is 1. The van der Waals surface area contributed by atoms with Gasteiger partial charge in [-0.1, -0.05) is 25.1 Å². The Hall–Kier alpha value is -2.61. The number of nitrogens with one attached hydrogen (secondary N) is 3. The van der Waals surface area contributed by atoms with Crippen LogP contribution in [0.4, 0.5) is 0 Å². The maximum Gasteiger partial charge on any atom is 0.239 e. The minimum absolute atomic E-state index is 0.122. The minimum atomic E-state index is -1.59. The van der Waals surface area contributed by atoms with Gasteiger partial charge >= 0.3 is 0 Å². The monoisotopic (exact) mass is 354 g/mol. The molecular formula is C18H23BN4O3. The summed E-state index contributed by atoms with van der Waals surface area (Å²) in [5, 5.41) is 6.23. The van der Waals surface area contributed by atoms with Crippen LogP contribution in [0.25, 0.3) is 10.9 Å². The Bertz CT molecular complexity index is 807. The van der Waals surface area contributed by atoms with Crippen molar-refractivity contribution < 1.29 is 14.4 Å². The van der Waals surface area contributed by atoms with Gasteiger partial charge in [-0.2, -0.15) is 0 Å². The summed E-state index contributed by atoms with van der Waals surface area (Å²) in [7, 11) is 9.36. The first kappa shape index (κ1) is 19.7. The van der Waals surface area contributed by atoms with Gasteiger partial charge in [0.15, 0.2) is 0 Å². The first-order valence-corrected chi connectivity index (χ1v) is 8.33.